The molecule has 0 radical (unpaired) electrons. The number of carbonyl (C=O) groups is 1. The fraction of sp³-hybridized carbons (Fsp3) is 0.320. The molecular weight excluding hydrogens is 427 g/mol. The Morgan fingerprint density at radius 1 is 1.12 bits per heavy atom. The average Bonchev–Trinajstić information content (AvgIpc) is 3.48. The Balaban J connectivity index is 1.12. The lowest BCUT2D eigenvalue weighted by Crippen LogP contribution is -2.30. The highest BCUT2D eigenvalue weighted by molar-refractivity contribution is 7.12. The van der Waals surface area contributed by atoms with Gasteiger partial charge < -0.3 is 14.8 Å². The molecular formula is C25H25FN2O3S. The number of hydrogen-bond donors (Lipinski definition) is 1. The second-order valence-electron chi connectivity index (χ2n) is 8.26. The van der Waals surface area contributed by atoms with Crippen LogP contribution < -0.4 is 14.8 Å². The Hall–Kier alpha value is -2.90. The maximum absolute atomic E-state index is 14.0. The number of hydrogen-bond acceptors (Lipinski definition) is 5. The monoisotopic (exact) mass is 452 g/mol. The molecule has 2 aliphatic rings. The molecule has 2 aliphatic heterocycles. The molecule has 1 amide bonds. The van der Waals surface area contributed by atoms with Crippen molar-refractivity contribution >= 4 is 17.2 Å². The molecule has 5 nitrogen and oxygen atoms in total. The summed E-state index contributed by atoms with van der Waals surface area (Å²) in [6.07, 6.45) is 1.05. The van der Waals surface area contributed by atoms with Crippen LogP contribution in [-0.2, 0) is 6.54 Å². The van der Waals surface area contributed by atoms with Gasteiger partial charge in [-0.1, -0.05) is 24.3 Å². The van der Waals surface area contributed by atoms with E-state index in [0.29, 0.717) is 36.1 Å². The molecule has 2 aromatic carbocycles. The zero-order valence-corrected chi connectivity index (χ0v) is 18.5. The van der Waals surface area contributed by atoms with Crippen molar-refractivity contribution in [3.8, 4) is 22.6 Å². The van der Waals surface area contributed by atoms with Crippen LogP contribution in [-0.4, -0.2) is 43.7 Å². The largest absolute Gasteiger partial charge is 0.486 e. The molecule has 32 heavy (non-hydrogen) atoms. The fourth-order valence-electron chi connectivity index (χ4n) is 4.28. The summed E-state index contributed by atoms with van der Waals surface area (Å²) in [5.41, 5.74) is 2.47. The highest BCUT2D eigenvalue weighted by Crippen LogP contribution is 2.32. The molecule has 0 bridgehead atoms. The average molecular weight is 453 g/mol. The second kappa shape index (κ2) is 9.30. The molecule has 1 unspecified atom stereocenters. The van der Waals surface area contributed by atoms with Crippen molar-refractivity contribution in [3.63, 3.8) is 0 Å². The van der Waals surface area contributed by atoms with Crippen LogP contribution in [0.4, 0.5) is 4.39 Å². The molecule has 1 fully saturated rings. The Morgan fingerprint density at radius 2 is 1.97 bits per heavy atom. The smallest absolute Gasteiger partial charge is 0.261 e. The molecule has 166 valence electrons. The predicted octanol–water partition coefficient (Wildman–Crippen LogP) is 4.58. The second-order valence-corrected chi connectivity index (χ2v) is 9.17. The number of benzene rings is 2. The van der Waals surface area contributed by atoms with Gasteiger partial charge in [-0.05, 0) is 59.7 Å². The summed E-state index contributed by atoms with van der Waals surface area (Å²) in [4.78, 5) is 15.6. The molecule has 0 aliphatic carbocycles. The van der Waals surface area contributed by atoms with E-state index in [1.807, 2.05) is 11.4 Å². The summed E-state index contributed by atoms with van der Waals surface area (Å²) < 4.78 is 25.3. The quantitative estimate of drug-likeness (QED) is 0.595. The van der Waals surface area contributed by atoms with E-state index in [4.69, 9.17) is 9.47 Å². The van der Waals surface area contributed by atoms with E-state index in [-0.39, 0.29) is 11.7 Å². The Labute approximate surface area is 190 Å². The molecule has 3 aromatic rings. The first-order chi connectivity index (χ1) is 15.7. The van der Waals surface area contributed by atoms with Gasteiger partial charge in [-0.15, -0.1) is 11.3 Å². The lowest BCUT2D eigenvalue weighted by atomic mass is 10.1. The highest BCUT2D eigenvalue weighted by Gasteiger charge is 2.24. The number of nitrogens with zero attached hydrogens (tertiary/aromatic N) is 1. The van der Waals surface area contributed by atoms with Crippen LogP contribution in [0, 0.1) is 11.7 Å². The first-order valence-corrected chi connectivity index (χ1v) is 11.8. The number of amides is 1. The normalized spacial score (nSPS) is 18.0. The van der Waals surface area contributed by atoms with Crippen LogP contribution in [0.3, 0.4) is 0 Å². The van der Waals surface area contributed by atoms with Crippen LogP contribution in [0.5, 0.6) is 11.5 Å². The van der Waals surface area contributed by atoms with Gasteiger partial charge in [0.05, 0.1) is 4.88 Å². The number of thiophene rings is 1. The van der Waals surface area contributed by atoms with Gasteiger partial charge in [0, 0.05) is 25.2 Å². The molecule has 1 aromatic heterocycles. The standard InChI is InChI=1S/C25H25FN2O3S/c26-21-4-2-1-3-20(21)19-12-24(32-16-19)25(29)27-13-18-7-8-28(15-18)14-17-5-6-22-23(11-17)31-10-9-30-22/h1-6,11-12,16,18H,7-10,13-15H2,(H,27,29). The maximum atomic E-state index is 14.0. The summed E-state index contributed by atoms with van der Waals surface area (Å²) in [6.45, 7) is 4.64. The van der Waals surface area contributed by atoms with E-state index in [9.17, 15) is 9.18 Å². The number of rotatable bonds is 6. The minimum Gasteiger partial charge on any atom is -0.486 e. The minimum absolute atomic E-state index is 0.0946. The van der Waals surface area contributed by atoms with E-state index in [2.05, 4.69) is 22.3 Å². The van der Waals surface area contributed by atoms with Crippen molar-refractivity contribution < 1.29 is 18.7 Å². The summed E-state index contributed by atoms with van der Waals surface area (Å²) in [5, 5.41) is 4.89. The van der Waals surface area contributed by atoms with Crippen molar-refractivity contribution in [2.24, 2.45) is 5.92 Å². The summed E-state index contributed by atoms with van der Waals surface area (Å²) in [7, 11) is 0. The molecule has 0 spiro atoms. The summed E-state index contributed by atoms with van der Waals surface area (Å²) in [5.74, 6) is 1.68. The number of likely N-dealkylation sites (tertiary alicyclic amines) is 1. The minimum atomic E-state index is -0.277. The Bertz CT molecular complexity index is 1120. The molecule has 1 N–H and O–H groups in total. The van der Waals surface area contributed by atoms with Crippen molar-refractivity contribution in [2.45, 2.75) is 13.0 Å². The number of ether oxygens (including phenoxy) is 2. The van der Waals surface area contributed by atoms with Crippen LogP contribution in [0.25, 0.3) is 11.1 Å². The van der Waals surface area contributed by atoms with Crippen LogP contribution >= 0.6 is 11.3 Å². The third-order valence-electron chi connectivity index (χ3n) is 5.94. The highest BCUT2D eigenvalue weighted by atomic mass is 32.1. The van der Waals surface area contributed by atoms with E-state index < -0.39 is 0 Å². The lowest BCUT2D eigenvalue weighted by Gasteiger charge is -2.21. The summed E-state index contributed by atoms with van der Waals surface area (Å²) in [6, 6.07) is 14.5. The van der Waals surface area contributed by atoms with Gasteiger partial charge in [0.1, 0.15) is 19.0 Å². The van der Waals surface area contributed by atoms with Gasteiger partial charge in [0.15, 0.2) is 11.5 Å². The third-order valence-corrected chi connectivity index (χ3v) is 6.87. The number of carbonyl (C=O) groups excluding carboxylic acids is 1. The first-order valence-electron chi connectivity index (χ1n) is 10.9. The topological polar surface area (TPSA) is 50.8 Å². The van der Waals surface area contributed by atoms with Gasteiger partial charge in [0.25, 0.3) is 5.91 Å². The molecule has 1 atom stereocenters. The third kappa shape index (κ3) is 4.64. The van der Waals surface area contributed by atoms with Crippen LogP contribution in [0.2, 0.25) is 0 Å². The fourth-order valence-corrected chi connectivity index (χ4v) is 5.11. The molecule has 1 saturated heterocycles. The van der Waals surface area contributed by atoms with E-state index in [1.165, 1.54) is 23.0 Å². The van der Waals surface area contributed by atoms with Crippen molar-refractivity contribution in [2.75, 3.05) is 32.8 Å². The predicted molar refractivity (Wildman–Crippen MR) is 123 cm³/mol. The summed E-state index contributed by atoms with van der Waals surface area (Å²) >= 11 is 1.35. The van der Waals surface area contributed by atoms with Gasteiger partial charge in [-0.25, -0.2) is 4.39 Å². The van der Waals surface area contributed by atoms with E-state index >= 15 is 0 Å². The Kier molecular flexibility index (Phi) is 6.10. The van der Waals surface area contributed by atoms with E-state index in [0.717, 1.165) is 43.1 Å². The lowest BCUT2D eigenvalue weighted by molar-refractivity contribution is 0.0951. The van der Waals surface area contributed by atoms with Gasteiger partial charge in [0.2, 0.25) is 0 Å². The number of nitrogens with one attached hydrogen (secondary N) is 1. The Morgan fingerprint density at radius 3 is 2.84 bits per heavy atom. The number of halogens is 1. The molecule has 0 saturated carbocycles. The van der Waals surface area contributed by atoms with E-state index in [1.54, 1.807) is 24.3 Å². The molecule has 3 heterocycles. The van der Waals surface area contributed by atoms with Gasteiger partial charge >= 0.3 is 0 Å². The SMILES string of the molecule is O=C(NCC1CCN(Cc2ccc3c(c2)OCCO3)C1)c1cc(-c2ccccc2F)cs1. The van der Waals surface area contributed by atoms with Crippen molar-refractivity contribution in [1.29, 1.82) is 0 Å². The van der Waals surface area contributed by atoms with Crippen molar-refractivity contribution in [3.05, 3.63) is 70.2 Å². The zero-order valence-electron chi connectivity index (χ0n) is 17.7. The van der Waals surface area contributed by atoms with Crippen molar-refractivity contribution in [1.82, 2.24) is 10.2 Å². The zero-order chi connectivity index (χ0) is 21.9. The van der Waals surface area contributed by atoms with Crippen LogP contribution in [0.1, 0.15) is 21.7 Å². The maximum Gasteiger partial charge on any atom is 0.261 e. The number of fused-ring (bicyclic) bond motifs is 1. The van der Waals surface area contributed by atoms with Gasteiger partial charge in [-0.3, -0.25) is 9.69 Å². The molecule has 7 heteroatoms. The van der Waals surface area contributed by atoms with Crippen LogP contribution in [0.15, 0.2) is 53.9 Å². The molecule has 5 rings (SSSR count). The van der Waals surface area contributed by atoms with Gasteiger partial charge in [-0.2, -0.15) is 0 Å². The first kappa shape index (κ1) is 21.0.